The fourth-order valence-corrected chi connectivity index (χ4v) is 8.39. The molecule has 1 heterocycles. The zero-order valence-corrected chi connectivity index (χ0v) is 26.8. The minimum absolute atomic E-state index is 0.0484. The molecular weight excluding hydrogens is 618 g/mol. The maximum atomic E-state index is 13.2. The molecule has 0 aliphatic heterocycles. The number of alkyl halides is 3. The number of fused-ring (bicyclic) bond motifs is 1. The number of nitrogens with zero attached hydrogens (tertiary/aromatic N) is 1. The number of benzene rings is 1. The summed E-state index contributed by atoms with van der Waals surface area (Å²) >= 11 is 2.34. The predicted molar refractivity (Wildman–Crippen MR) is 157 cm³/mol. The maximum absolute atomic E-state index is 13.2. The van der Waals surface area contributed by atoms with Gasteiger partial charge in [-0.3, -0.25) is 4.98 Å². The van der Waals surface area contributed by atoms with E-state index in [1.54, 1.807) is 0 Å². The highest BCUT2D eigenvalue weighted by molar-refractivity contribution is 14.1. The third-order valence-electron chi connectivity index (χ3n) is 9.08. The quantitative estimate of drug-likeness (QED) is 0.257. The first-order valence-electron chi connectivity index (χ1n) is 13.7. The van der Waals surface area contributed by atoms with Crippen LogP contribution >= 0.6 is 22.6 Å². The van der Waals surface area contributed by atoms with Gasteiger partial charge < -0.3 is 9.53 Å². The number of aliphatic hydroxyl groups excluding tert-OH is 1. The number of hydrogen-bond acceptors (Lipinski definition) is 3. The fraction of sp³-hybridized carbons (Fsp3) is 0.633. The van der Waals surface area contributed by atoms with E-state index >= 15 is 0 Å². The van der Waals surface area contributed by atoms with Gasteiger partial charge in [0.15, 0.2) is 8.32 Å². The molecule has 1 N–H and O–H groups in total. The van der Waals surface area contributed by atoms with Crippen molar-refractivity contribution >= 4 is 30.9 Å². The van der Waals surface area contributed by atoms with Crippen LogP contribution in [0.1, 0.15) is 118 Å². The molecule has 1 fully saturated rings. The van der Waals surface area contributed by atoms with Crippen molar-refractivity contribution in [2.24, 2.45) is 5.41 Å². The van der Waals surface area contributed by atoms with Crippen LogP contribution in [0.15, 0.2) is 24.3 Å². The van der Waals surface area contributed by atoms with E-state index in [1.165, 1.54) is 37.8 Å². The molecule has 0 radical (unpaired) electrons. The average Bonchev–Trinajstić information content (AvgIpc) is 3.23. The van der Waals surface area contributed by atoms with Crippen molar-refractivity contribution in [1.29, 1.82) is 0 Å². The van der Waals surface area contributed by atoms with E-state index in [0.717, 1.165) is 45.5 Å². The average molecular weight is 660 g/mol. The summed E-state index contributed by atoms with van der Waals surface area (Å²) in [6, 6.07) is 4.84. The summed E-state index contributed by atoms with van der Waals surface area (Å²) < 4.78 is 47.6. The Hall–Kier alpha value is -0.973. The van der Waals surface area contributed by atoms with Crippen LogP contribution in [0, 0.1) is 8.99 Å². The Morgan fingerprint density at radius 1 is 1.08 bits per heavy atom. The van der Waals surface area contributed by atoms with Crippen LogP contribution in [0.25, 0.3) is 0 Å². The standard InChI is InChI=1S/C30H41F3INO2Si/c1-18(2)26-24(27(36)19-10-12-20(13-11-19)30(31,32)33)25(34)23-21(35-26)16-29(14-8-9-15-29)17-22(23)37-38(6,7)28(3,4)5/h10-13,18,22,27,36H,8-9,14-17H2,1-7H3/t22-,27?/m0/s1. The lowest BCUT2D eigenvalue weighted by Crippen LogP contribution is -2.44. The van der Waals surface area contributed by atoms with Crippen LogP contribution in [0.5, 0.6) is 0 Å². The molecule has 1 saturated carbocycles. The first-order valence-corrected chi connectivity index (χ1v) is 17.7. The van der Waals surface area contributed by atoms with Gasteiger partial charge in [-0.25, -0.2) is 0 Å². The Morgan fingerprint density at radius 2 is 1.66 bits per heavy atom. The normalized spacial score (nSPS) is 20.7. The van der Waals surface area contributed by atoms with Crippen molar-refractivity contribution < 1.29 is 22.7 Å². The van der Waals surface area contributed by atoms with E-state index in [4.69, 9.17) is 9.41 Å². The topological polar surface area (TPSA) is 42.4 Å². The van der Waals surface area contributed by atoms with Gasteiger partial charge in [-0.1, -0.05) is 59.6 Å². The van der Waals surface area contributed by atoms with Crippen molar-refractivity contribution in [1.82, 2.24) is 4.98 Å². The third-order valence-corrected chi connectivity index (χ3v) is 14.7. The second kappa shape index (κ2) is 10.5. The van der Waals surface area contributed by atoms with Gasteiger partial charge in [-0.2, -0.15) is 13.2 Å². The van der Waals surface area contributed by atoms with E-state index in [1.807, 2.05) is 0 Å². The van der Waals surface area contributed by atoms with Gasteiger partial charge in [0.1, 0.15) is 6.10 Å². The zero-order chi connectivity index (χ0) is 28.3. The first-order chi connectivity index (χ1) is 17.5. The molecule has 3 nitrogen and oxygen atoms in total. The molecule has 210 valence electrons. The van der Waals surface area contributed by atoms with E-state index in [9.17, 15) is 18.3 Å². The van der Waals surface area contributed by atoms with Gasteiger partial charge in [0, 0.05) is 20.4 Å². The van der Waals surface area contributed by atoms with Gasteiger partial charge in [0.2, 0.25) is 0 Å². The molecule has 0 amide bonds. The molecule has 4 rings (SSSR count). The van der Waals surface area contributed by atoms with Crippen LogP contribution in [-0.2, 0) is 17.0 Å². The van der Waals surface area contributed by atoms with Gasteiger partial charge in [-0.05, 0) is 95.4 Å². The molecular formula is C30H41F3INO2Si. The second-order valence-electron chi connectivity index (χ2n) is 13.2. The molecule has 2 aliphatic carbocycles. The highest BCUT2D eigenvalue weighted by Gasteiger charge is 2.48. The molecule has 1 unspecified atom stereocenters. The fourth-order valence-electron chi connectivity index (χ4n) is 5.89. The van der Waals surface area contributed by atoms with Gasteiger partial charge in [0.05, 0.1) is 17.4 Å². The van der Waals surface area contributed by atoms with Crippen LogP contribution < -0.4 is 0 Å². The number of rotatable bonds is 5. The Labute approximate surface area is 240 Å². The Bertz CT molecular complexity index is 1170. The van der Waals surface area contributed by atoms with Crippen LogP contribution in [-0.4, -0.2) is 18.4 Å². The van der Waals surface area contributed by atoms with Crippen LogP contribution in [0.4, 0.5) is 13.2 Å². The molecule has 0 bridgehead atoms. The predicted octanol–water partition coefficient (Wildman–Crippen LogP) is 9.48. The Morgan fingerprint density at radius 3 is 2.16 bits per heavy atom. The SMILES string of the molecule is CC(C)c1nc2c(c(I)c1C(O)c1ccc(C(F)(F)F)cc1)[C@@H](O[Si](C)(C)C(C)(C)C)CC1(CCCC1)C2. The molecule has 1 aromatic carbocycles. The summed E-state index contributed by atoms with van der Waals surface area (Å²) in [7, 11) is -2.12. The lowest BCUT2D eigenvalue weighted by atomic mass is 9.70. The first kappa shape index (κ1) is 30.0. The number of hydrogen-bond donors (Lipinski definition) is 1. The molecule has 8 heteroatoms. The third kappa shape index (κ3) is 5.74. The number of aliphatic hydroxyl groups is 1. The minimum Gasteiger partial charge on any atom is -0.410 e. The minimum atomic E-state index is -4.42. The highest BCUT2D eigenvalue weighted by atomic mass is 127. The van der Waals surface area contributed by atoms with Gasteiger partial charge >= 0.3 is 6.18 Å². The lowest BCUT2D eigenvalue weighted by Gasteiger charge is -2.46. The molecule has 38 heavy (non-hydrogen) atoms. The highest BCUT2D eigenvalue weighted by Crippen LogP contribution is 2.55. The summed E-state index contributed by atoms with van der Waals surface area (Å²) in [5.74, 6) is 0.0501. The zero-order valence-electron chi connectivity index (χ0n) is 23.6. The largest absolute Gasteiger partial charge is 0.416 e. The van der Waals surface area contributed by atoms with Crippen molar-refractivity contribution in [2.75, 3.05) is 0 Å². The number of halogens is 4. The number of aromatic nitrogens is 1. The molecule has 0 saturated heterocycles. The van der Waals surface area contributed by atoms with Crippen molar-refractivity contribution in [3.05, 3.63) is 61.5 Å². The van der Waals surface area contributed by atoms with Crippen molar-refractivity contribution in [2.45, 2.75) is 116 Å². The van der Waals surface area contributed by atoms with Crippen molar-refractivity contribution in [3.63, 3.8) is 0 Å². The Kier molecular flexibility index (Phi) is 8.25. The summed E-state index contributed by atoms with van der Waals surface area (Å²) in [6.45, 7) is 15.4. The van der Waals surface area contributed by atoms with E-state index in [0.29, 0.717) is 11.1 Å². The van der Waals surface area contributed by atoms with Gasteiger partial charge in [-0.15, -0.1) is 0 Å². The Balaban J connectivity index is 1.86. The maximum Gasteiger partial charge on any atom is 0.416 e. The summed E-state index contributed by atoms with van der Waals surface area (Å²) in [5, 5.41) is 11.6. The second-order valence-corrected chi connectivity index (χ2v) is 19.1. The van der Waals surface area contributed by atoms with Gasteiger partial charge in [0.25, 0.3) is 0 Å². The monoisotopic (exact) mass is 659 g/mol. The summed E-state index contributed by atoms with van der Waals surface area (Å²) in [5.41, 5.74) is 3.60. The van der Waals surface area contributed by atoms with E-state index < -0.39 is 26.2 Å². The summed E-state index contributed by atoms with van der Waals surface area (Å²) in [6.07, 6.45) is 1.14. The molecule has 1 spiro atoms. The van der Waals surface area contributed by atoms with E-state index in [-0.39, 0.29) is 22.5 Å². The van der Waals surface area contributed by atoms with Crippen LogP contribution in [0.2, 0.25) is 18.1 Å². The van der Waals surface area contributed by atoms with Crippen LogP contribution in [0.3, 0.4) is 0 Å². The smallest absolute Gasteiger partial charge is 0.410 e. The molecule has 2 aromatic rings. The molecule has 2 aliphatic rings. The van der Waals surface area contributed by atoms with Crippen molar-refractivity contribution in [3.8, 4) is 0 Å². The molecule has 2 atom stereocenters. The number of pyridine rings is 1. The summed E-state index contributed by atoms with van der Waals surface area (Å²) in [4.78, 5) is 5.23. The van der Waals surface area contributed by atoms with E-state index in [2.05, 4.69) is 70.3 Å². The molecule has 1 aromatic heterocycles. The lowest BCUT2D eigenvalue weighted by molar-refractivity contribution is -0.137.